The van der Waals surface area contributed by atoms with E-state index < -0.39 is 0 Å². The molecule has 0 atom stereocenters. The molecule has 5 nitrogen and oxygen atoms in total. The van der Waals surface area contributed by atoms with Crippen LogP contribution in [-0.4, -0.2) is 33.0 Å². The lowest BCUT2D eigenvalue weighted by atomic mass is 9.99. The van der Waals surface area contributed by atoms with Crippen LogP contribution in [0.5, 0.6) is 0 Å². The van der Waals surface area contributed by atoms with Gasteiger partial charge < -0.3 is 4.74 Å². The Morgan fingerprint density at radius 2 is 2.11 bits per heavy atom. The van der Waals surface area contributed by atoms with Crippen LogP contribution < -0.4 is 0 Å². The molecule has 1 aliphatic heterocycles. The van der Waals surface area contributed by atoms with Crippen molar-refractivity contribution < 1.29 is 4.74 Å². The number of hydrogen-bond acceptors (Lipinski definition) is 4. The van der Waals surface area contributed by atoms with E-state index in [0.717, 1.165) is 43.1 Å². The van der Waals surface area contributed by atoms with Gasteiger partial charge in [-0.15, -0.1) is 0 Å². The SMILES string of the molecule is Cn1cc(-c2cc(Cl)nc(C3CCOCC3)n2)cn1. The summed E-state index contributed by atoms with van der Waals surface area (Å²) in [6.45, 7) is 1.53. The van der Waals surface area contributed by atoms with Crippen LogP contribution >= 0.6 is 11.6 Å². The molecule has 0 spiro atoms. The minimum atomic E-state index is 0.336. The fourth-order valence-corrected chi connectivity index (χ4v) is 2.46. The zero-order chi connectivity index (χ0) is 13.2. The highest BCUT2D eigenvalue weighted by Gasteiger charge is 2.20. The molecule has 2 aromatic rings. The highest BCUT2D eigenvalue weighted by atomic mass is 35.5. The quantitative estimate of drug-likeness (QED) is 0.792. The maximum Gasteiger partial charge on any atom is 0.134 e. The molecule has 0 amide bonds. The van der Waals surface area contributed by atoms with Crippen molar-refractivity contribution in [2.75, 3.05) is 13.2 Å². The predicted octanol–water partition coefficient (Wildman–Crippen LogP) is 2.42. The molecule has 2 aromatic heterocycles. The number of hydrogen-bond donors (Lipinski definition) is 0. The summed E-state index contributed by atoms with van der Waals surface area (Å²) in [4.78, 5) is 9.00. The number of rotatable bonds is 2. The standard InChI is InChI=1S/C13H15ClN4O/c1-18-8-10(7-15-18)11-6-12(14)17-13(16-11)9-2-4-19-5-3-9/h6-9H,2-5H2,1H3. The van der Waals surface area contributed by atoms with Gasteiger partial charge in [0.1, 0.15) is 11.0 Å². The van der Waals surface area contributed by atoms with E-state index in [-0.39, 0.29) is 0 Å². The Bertz CT molecular complexity index is 578. The second-order valence-corrected chi connectivity index (χ2v) is 5.11. The van der Waals surface area contributed by atoms with Gasteiger partial charge in [-0.3, -0.25) is 4.68 Å². The van der Waals surface area contributed by atoms with Crippen molar-refractivity contribution in [3.63, 3.8) is 0 Å². The summed E-state index contributed by atoms with van der Waals surface area (Å²) in [6.07, 6.45) is 5.61. The zero-order valence-electron chi connectivity index (χ0n) is 10.7. The van der Waals surface area contributed by atoms with Gasteiger partial charge in [-0.05, 0) is 12.8 Å². The van der Waals surface area contributed by atoms with Gasteiger partial charge >= 0.3 is 0 Å². The Morgan fingerprint density at radius 1 is 1.32 bits per heavy atom. The summed E-state index contributed by atoms with van der Waals surface area (Å²) in [5.74, 6) is 1.15. The Hall–Kier alpha value is -1.46. The van der Waals surface area contributed by atoms with Gasteiger partial charge in [-0.1, -0.05) is 11.6 Å². The lowest BCUT2D eigenvalue weighted by Gasteiger charge is -2.21. The second kappa shape index (κ2) is 5.27. The van der Waals surface area contributed by atoms with Gasteiger partial charge in [0.15, 0.2) is 0 Å². The molecule has 0 unspecified atom stereocenters. The number of ether oxygens (including phenoxy) is 1. The van der Waals surface area contributed by atoms with E-state index in [2.05, 4.69) is 15.1 Å². The molecule has 3 rings (SSSR count). The fraction of sp³-hybridized carbons (Fsp3) is 0.462. The van der Waals surface area contributed by atoms with Crippen molar-refractivity contribution >= 4 is 11.6 Å². The molecule has 0 N–H and O–H groups in total. The molecule has 0 aromatic carbocycles. The lowest BCUT2D eigenvalue weighted by Crippen LogP contribution is -2.16. The molecule has 0 saturated carbocycles. The molecule has 100 valence electrons. The number of nitrogens with zero attached hydrogens (tertiary/aromatic N) is 4. The topological polar surface area (TPSA) is 52.8 Å². The molecule has 19 heavy (non-hydrogen) atoms. The maximum atomic E-state index is 6.12. The average molecular weight is 279 g/mol. The molecule has 1 saturated heterocycles. The summed E-state index contributed by atoms with van der Waals surface area (Å²) in [5, 5.41) is 4.64. The van der Waals surface area contributed by atoms with Gasteiger partial charge in [0.2, 0.25) is 0 Å². The first kappa shape index (κ1) is 12.6. The van der Waals surface area contributed by atoms with Crippen molar-refractivity contribution in [1.82, 2.24) is 19.7 Å². The first-order chi connectivity index (χ1) is 9.22. The minimum absolute atomic E-state index is 0.336. The minimum Gasteiger partial charge on any atom is -0.381 e. The smallest absolute Gasteiger partial charge is 0.134 e. The molecule has 1 aliphatic rings. The second-order valence-electron chi connectivity index (χ2n) is 4.72. The number of aromatic nitrogens is 4. The third-order valence-corrected chi connectivity index (χ3v) is 3.49. The van der Waals surface area contributed by atoms with Crippen LogP contribution in [0, 0.1) is 0 Å². The highest BCUT2D eigenvalue weighted by Crippen LogP contribution is 2.27. The molecule has 0 aliphatic carbocycles. The Balaban J connectivity index is 1.95. The van der Waals surface area contributed by atoms with Crippen LogP contribution in [0.3, 0.4) is 0 Å². The van der Waals surface area contributed by atoms with Crippen molar-refractivity contribution in [3.8, 4) is 11.3 Å². The molecule has 6 heteroatoms. The molecule has 0 radical (unpaired) electrons. The summed E-state index contributed by atoms with van der Waals surface area (Å²) < 4.78 is 7.12. The molecular weight excluding hydrogens is 264 g/mol. The van der Waals surface area contributed by atoms with Gasteiger partial charge in [0.05, 0.1) is 11.9 Å². The molecule has 1 fully saturated rings. The first-order valence-corrected chi connectivity index (χ1v) is 6.71. The van der Waals surface area contributed by atoms with Crippen LogP contribution in [0.2, 0.25) is 5.15 Å². The van der Waals surface area contributed by atoms with E-state index in [9.17, 15) is 0 Å². The van der Waals surface area contributed by atoms with E-state index in [4.69, 9.17) is 16.3 Å². The van der Waals surface area contributed by atoms with E-state index in [1.54, 1.807) is 16.9 Å². The summed E-state index contributed by atoms with van der Waals surface area (Å²) in [5.41, 5.74) is 1.79. The Labute approximate surface area is 116 Å². The van der Waals surface area contributed by atoms with Gasteiger partial charge in [0, 0.05) is 44.0 Å². The van der Waals surface area contributed by atoms with Crippen molar-refractivity contribution in [1.29, 1.82) is 0 Å². The van der Waals surface area contributed by atoms with Gasteiger partial charge in [-0.2, -0.15) is 5.10 Å². The summed E-state index contributed by atoms with van der Waals surface area (Å²) in [7, 11) is 1.88. The molecule has 3 heterocycles. The fourth-order valence-electron chi connectivity index (χ4n) is 2.27. The Kier molecular flexibility index (Phi) is 3.48. The van der Waals surface area contributed by atoms with Crippen molar-refractivity contribution in [3.05, 3.63) is 29.4 Å². The number of halogens is 1. The third-order valence-electron chi connectivity index (χ3n) is 3.30. The highest BCUT2D eigenvalue weighted by molar-refractivity contribution is 6.29. The summed E-state index contributed by atoms with van der Waals surface area (Å²) in [6, 6.07) is 1.78. The average Bonchev–Trinajstić information content (AvgIpc) is 2.86. The first-order valence-electron chi connectivity index (χ1n) is 6.33. The van der Waals surface area contributed by atoms with Crippen LogP contribution in [0.1, 0.15) is 24.6 Å². The monoisotopic (exact) mass is 278 g/mol. The van der Waals surface area contributed by atoms with Gasteiger partial charge in [0.25, 0.3) is 0 Å². The zero-order valence-corrected chi connectivity index (χ0v) is 11.5. The van der Waals surface area contributed by atoms with Crippen LogP contribution in [0.4, 0.5) is 0 Å². The normalized spacial score (nSPS) is 16.7. The van der Waals surface area contributed by atoms with Crippen molar-refractivity contribution in [2.45, 2.75) is 18.8 Å². The lowest BCUT2D eigenvalue weighted by molar-refractivity contribution is 0.0836. The third kappa shape index (κ3) is 2.77. The predicted molar refractivity (Wildman–Crippen MR) is 72.0 cm³/mol. The van der Waals surface area contributed by atoms with E-state index >= 15 is 0 Å². The summed E-state index contributed by atoms with van der Waals surface area (Å²) >= 11 is 6.12. The molecular formula is C13H15ClN4O. The van der Waals surface area contributed by atoms with Crippen LogP contribution in [0.25, 0.3) is 11.3 Å². The van der Waals surface area contributed by atoms with E-state index in [1.807, 2.05) is 13.2 Å². The van der Waals surface area contributed by atoms with Crippen molar-refractivity contribution in [2.24, 2.45) is 7.05 Å². The maximum absolute atomic E-state index is 6.12. The molecule has 0 bridgehead atoms. The largest absolute Gasteiger partial charge is 0.381 e. The van der Waals surface area contributed by atoms with E-state index in [0.29, 0.717) is 11.1 Å². The van der Waals surface area contributed by atoms with E-state index in [1.165, 1.54) is 0 Å². The Morgan fingerprint density at radius 3 is 2.79 bits per heavy atom. The van der Waals surface area contributed by atoms with Gasteiger partial charge in [-0.25, -0.2) is 9.97 Å². The van der Waals surface area contributed by atoms with Crippen LogP contribution in [0.15, 0.2) is 18.5 Å². The van der Waals surface area contributed by atoms with Crippen LogP contribution in [-0.2, 0) is 11.8 Å². The number of aryl methyl sites for hydroxylation is 1.